The van der Waals surface area contributed by atoms with Gasteiger partial charge in [0.25, 0.3) is 5.91 Å². The van der Waals surface area contributed by atoms with Gasteiger partial charge in [0.2, 0.25) is 0 Å². The number of carbonyl (C=O) groups excluding carboxylic acids is 1. The number of alkyl halides is 3. The fraction of sp³-hybridized carbons (Fsp3) is 0.348. The Morgan fingerprint density at radius 2 is 1.71 bits per heavy atom. The second-order valence-electron chi connectivity index (χ2n) is 7.61. The van der Waals surface area contributed by atoms with Crippen molar-refractivity contribution >= 4 is 29.2 Å². The Kier molecular flexibility index (Phi) is 9.60. The maximum Gasteiger partial charge on any atom is 0.490 e. The van der Waals surface area contributed by atoms with Crippen molar-refractivity contribution in [2.24, 2.45) is 0 Å². The van der Waals surface area contributed by atoms with Crippen LogP contribution in [-0.2, 0) is 14.3 Å². The van der Waals surface area contributed by atoms with Crippen molar-refractivity contribution in [2.45, 2.75) is 19.2 Å². The van der Waals surface area contributed by atoms with E-state index < -0.39 is 18.1 Å². The number of carbonyl (C=O) groups is 3. The van der Waals surface area contributed by atoms with E-state index in [1.54, 1.807) is 24.3 Å². The number of halogens is 3. The number of rotatable bonds is 6. The predicted octanol–water partition coefficient (Wildman–Crippen LogP) is 3.43. The normalized spacial score (nSPS) is 15.4. The minimum absolute atomic E-state index is 0.110. The third-order valence-corrected chi connectivity index (χ3v) is 4.81. The van der Waals surface area contributed by atoms with Gasteiger partial charge in [-0.15, -0.1) is 0 Å². The molecule has 1 aliphatic rings. The third kappa shape index (κ3) is 8.58. The maximum atomic E-state index is 12.4. The molecule has 2 aromatic carbocycles. The number of likely N-dealkylation sites (N-methyl/N-ethyl adjacent to an activating group) is 1. The van der Waals surface area contributed by atoms with Crippen LogP contribution in [0.4, 0.5) is 24.5 Å². The number of hydrogen-bond donors (Lipinski definition) is 3. The number of aliphatic carboxylic acids is 1. The Morgan fingerprint density at radius 3 is 2.23 bits per heavy atom. The lowest BCUT2D eigenvalue weighted by molar-refractivity contribution is -0.192. The van der Waals surface area contributed by atoms with Crippen LogP contribution in [0.2, 0.25) is 0 Å². The molecule has 1 heterocycles. The van der Waals surface area contributed by atoms with Crippen LogP contribution in [0.3, 0.4) is 0 Å². The van der Waals surface area contributed by atoms with Crippen LogP contribution in [-0.4, -0.2) is 73.8 Å². The molecular weight excluding hydrogens is 473 g/mol. The lowest BCUT2D eigenvalue weighted by Gasteiger charge is -2.29. The lowest BCUT2D eigenvalue weighted by atomic mass is 10.1. The van der Waals surface area contributed by atoms with Crippen molar-refractivity contribution in [3.63, 3.8) is 0 Å². The number of ether oxygens (including phenoxy) is 2. The van der Waals surface area contributed by atoms with Crippen LogP contribution in [0.5, 0.6) is 0 Å². The summed E-state index contributed by atoms with van der Waals surface area (Å²) in [6.45, 7) is 4.05. The largest absolute Gasteiger partial charge is 0.490 e. The number of nitrogens with one attached hydrogen (secondary N) is 1. The van der Waals surface area contributed by atoms with Crippen LogP contribution < -0.4 is 10.2 Å². The van der Waals surface area contributed by atoms with Crippen LogP contribution in [0.1, 0.15) is 26.3 Å². The summed E-state index contributed by atoms with van der Waals surface area (Å²) >= 11 is 0. The van der Waals surface area contributed by atoms with Crippen molar-refractivity contribution in [2.75, 3.05) is 43.6 Å². The first-order valence-corrected chi connectivity index (χ1v) is 10.3. The average molecular weight is 498 g/mol. The van der Waals surface area contributed by atoms with Gasteiger partial charge in [0, 0.05) is 24.8 Å². The fourth-order valence-corrected chi connectivity index (χ4v) is 3.07. The van der Waals surface area contributed by atoms with Gasteiger partial charge >= 0.3 is 18.1 Å². The molecule has 190 valence electrons. The monoisotopic (exact) mass is 498 g/mol. The second kappa shape index (κ2) is 12.2. The Bertz CT molecular complexity index is 1040. The van der Waals surface area contributed by atoms with E-state index in [2.05, 4.69) is 5.32 Å². The number of carboxylic acid groups (broad SMARTS) is 2. The van der Waals surface area contributed by atoms with E-state index in [1.807, 2.05) is 31.0 Å². The molecule has 1 amide bonds. The summed E-state index contributed by atoms with van der Waals surface area (Å²) in [7, 11) is 1.81. The first kappa shape index (κ1) is 27.6. The molecule has 2 aromatic rings. The number of aryl methyl sites for hydroxylation is 1. The third-order valence-electron chi connectivity index (χ3n) is 4.81. The lowest BCUT2D eigenvalue weighted by Crippen LogP contribution is -2.38. The van der Waals surface area contributed by atoms with E-state index in [0.717, 1.165) is 5.56 Å². The molecule has 9 nitrogen and oxygen atoms in total. The zero-order valence-corrected chi connectivity index (χ0v) is 19.0. The molecule has 0 aromatic heterocycles. The molecule has 1 saturated heterocycles. The van der Waals surface area contributed by atoms with Gasteiger partial charge < -0.3 is 29.9 Å². The zero-order valence-electron chi connectivity index (χ0n) is 19.0. The summed E-state index contributed by atoms with van der Waals surface area (Å²) in [5.74, 6) is -4.10. The molecule has 1 aliphatic heterocycles. The number of amides is 1. The zero-order chi connectivity index (χ0) is 26.2. The van der Waals surface area contributed by atoms with Crippen molar-refractivity contribution in [3.8, 4) is 0 Å². The van der Waals surface area contributed by atoms with E-state index in [4.69, 9.17) is 19.4 Å². The van der Waals surface area contributed by atoms with Crippen LogP contribution in [0.15, 0.2) is 42.5 Å². The quantitative estimate of drug-likeness (QED) is 0.553. The SMILES string of the molecule is Cc1ccc(C(=O)Nc2ccc(N(C)CC3COCCO3)c(C(=O)O)c2)cc1.O=C(O)C(F)(F)F. The number of carboxylic acids is 2. The smallest absolute Gasteiger partial charge is 0.478 e. The molecule has 0 bridgehead atoms. The van der Waals surface area contributed by atoms with Gasteiger partial charge in [-0.3, -0.25) is 4.79 Å². The van der Waals surface area contributed by atoms with Gasteiger partial charge in [-0.1, -0.05) is 17.7 Å². The number of anilines is 2. The highest BCUT2D eigenvalue weighted by molar-refractivity contribution is 6.05. The number of hydrogen-bond acceptors (Lipinski definition) is 6. The van der Waals surface area contributed by atoms with E-state index >= 15 is 0 Å². The minimum Gasteiger partial charge on any atom is -0.478 e. The average Bonchev–Trinajstić information content (AvgIpc) is 2.79. The summed E-state index contributed by atoms with van der Waals surface area (Å²) in [4.78, 5) is 34.9. The fourth-order valence-electron chi connectivity index (χ4n) is 3.07. The first-order valence-electron chi connectivity index (χ1n) is 10.3. The van der Waals surface area contributed by atoms with E-state index in [0.29, 0.717) is 43.3 Å². The van der Waals surface area contributed by atoms with Crippen LogP contribution >= 0.6 is 0 Å². The second-order valence-corrected chi connectivity index (χ2v) is 7.61. The molecule has 3 N–H and O–H groups in total. The highest BCUT2D eigenvalue weighted by atomic mass is 19.4. The molecule has 35 heavy (non-hydrogen) atoms. The minimum atomic E-state index is -5.08. The molecule has 0 aliphatic carbocycles. The Labute approximate surface area is 199 Å². The van der Waals surface area contributed by atoms with Gasteiger partial charge in [-0.25, -0.2) is 9.59 Å². The Hall–Kier alpha value is -3.64. The summed E-state index contributed by atoms with van der Waals surface area (Å²) in [6.07, 6.45) is -5.19. The van der Waals surface area contributed by atoms with Gasteiger partial charge in [0.15, 0.2) is 0 Å². The molecular formula is C23H25F3N2O7. The van der Waals surface area contributed by atoms with Crippen molar-refractivity contribution in [1.82, 2.24) is 0 Å². The Balaban J connectivity index is 0.000000540. The number of nitrogens with zero attached hydrogens (tertiary/aromatic N) is 1. The summed E-state index contributed by atoms with van der Waals surface area (Å²) in [5.41, 5.74) is 2.66. The molecule has 0 spiro atoms. The molecule has 1 atom stereocenters. The number of benzene rings is 2. The molecule has 0 saturated carbocycles. The highest BCUT2D eigenvalue weighted by Crippen LogP contribution is 2.25. The van der Waals surface area contributed by atoms with E-state index in [-0.39, 0.29) is 17.6 Å². The van der Waals surface area contributed by atoms with Crippen molar-refractivity contribution < 1.29 is 47.2 Å². The summed E-state index contributed by atoms with van der Waals surface area (Å²) < 4.78 is 42.8. The number of aromatic carboxylic acids is 1. The maximum absolute atomic E-state index is 12.4. The van der Waals surface area contributed by atoms with Gasteiger partial charge in [0.1, 0.15) is 0 Å². The summed E-state index contributed by atoms with van der Waals surface area (Å²) in [6, 6.07) is 12.0. The predicted molar refractivity (Wildman–Crippen MR) is 120 cm³/mol. The molecule has 12 heteroatoms. The molecule has 3 rings (SSSR count). The van der Waals surface area contributed by atoms with Gasteiger partial charge in [-0.2, -0.15) is 13.2 Å². The highest BCUT2D eigenvalue weighted by Gasteiger charge is 2.38. The van der Waals surface area contributed by atoms with E-state index in [1.165, 1.54) is 6.07 Å². The molecule has 0 radical (unpaired) electrons. The topological polar surface area (TPSA) is 125 Å². The van der Waals surface area contributed by atoms with Crippen LogP contribution in [0, 0.1) is 6.92 Å². The molecule has 1 fully saturated rings. The van der Waals surface area contributed by atoms with Gasteiger partial charge in [-0.05, 0) is 37.3 Å². The first-order chi connectivity index (χ1) is 16.4. The van der Waals surface area contributed by atoms with Crippen molar-refractivity contribution in [1.29, 1.82) is 0 Å². The van der Waals surface area contributed by atoms with E-state index in [9.17, 15) is 27.9 Å². The molecule has 1 unspecified atom stereocenters. The van der Waals surface area contributed by atoms with Crippen molar-refractivity contribution in [3.05, 3.63) is 59.2 Å². The Morgan fingerprint density at radius 1 is 1.09 bits per heavy atom. The van der Waals surface area contributed by atoms with Gasteiger partial charge in [0.05, 0.1) is 37.2 Å². The van der Waals surface area contributed by atoms with Crippen LogP contribution in [0.25, 0.3) is 0 Å². The summed E-state index contributed by atoms with van der Waals surface area (Å²) in [5, 5.41) is 19.5. The standard InChI is InChI=1S/C21H24N2O5.C2HF3O2/c1-14-3-5-15(6-4-14)20(24)22-16-7-8-19(18(11-16)21(25)26)23(2)12-17-13-27-9-10-28-17;3-2(4,5)1(6)7/h3-8,11,17H,9-10,12-13H2,1-2H3,(H,22,24)(H,25,26);(H,6,7).